The summed E-state index contributed by atoms with van der Waals surface area (Å²) in [5, 5.41) is 0. The fourth-order valence-electron chi connectivity index (χ4n) is 0.903. The van der Waals surface area contributed by atoms with Gasteiger partial charge in [-0.25, -0.2) is 0 Å². The molecule has 62 valence electrons. The van der Waals surface area contributed by atoms with Crippen molar-refractivity contribution in [1.82, 2.24) is 0 Å². The van der Waals surface area contributed by atoms with Gasteiger partial charge in [0, 0.05) is 6.42 Å². The van der Waals surface area contributed by atoms with Gasteiger partial charge in [-0.2, -0.15) is 0 Å². The van der Waals surface area contributed by atoms with Crippen LogP contribution >= 0.6 is 0 Å². The molecule has 0 spiro atoms. The van der Waals surface area contributed by atoms with Crippen LogP contribution < -0.4 is 5.73 Å². The molecule has 2 nitrogen and oxygen atoms in total. The van der Waals surface area contributed by atoms with Crippen molar-refractivity contribution in [3.63, 3.8) is 0 Å². The van der Waals surface area contributed by atoms with Crippen LogP contribution in [0.1, 0.15) is 45.4 Å². The van der Waals surface area contributed by atoms with Crippen molar-refractivity contribution in [2.75, 3.05) is 0 Å². The first-order valence-electron chi connectivity index (χ1n) is 4.05. The monoisotopic (exact) mass is 151 g/mol. The molecule has 0 aromatic rings. The van der Waals surface area contributed by atoms with E-state index in [9.17, 15) is 4.79 Å². The van der Waals surface area contributed by atoms with Crippen molar-refractivity contribution in [2.24, 2.45) is 5.73 Å². The molecule has 11 heavy (non-hydrogen) atoms. The predicted molar refractivity (Wildman–Crippen MR) is 49.7 cm³/mol. The average Bonchev–Trinajstić information content (AvgIpc) is 1.87. The van der Waals surface area contributed by atoms with E-state index in [4.69, 9.17) is 5.73 Å². The van der Waals surface area contributed by atoms with E-state index in [1.807, 2.05) is 0 Å². The second kappa shape index (κ2) is 10.1. The summed E-state index contributed by atoms with van der Waals surface area (Å²) in [5.74, 6) is -0.170. The Labute approximate surface area is 81.1 Å². The van der Waals surface area contributed by atoms with E-state index in [1.165, 1.54) is 19.3 Å². The number of carbonyl (C=O) groups excluding carboxylic acids is 1. The molecule has 0 heterocycles. The summed E-state index contributed by atoms with van der Waals surface area (Å²) in [6.07, 6.45) is 6.44. The van der Waals surface area contributed by atoms with Gasteiger partial charge in [-0.15, -0.1) is 0 Å². The number of amides is 1. The molecule has 0 unspecified atom stereocenters. The third-order valence-electron chi connectivity index (χ3n) is 1.53. The molecule has 0 bridgehead atoms. The molecule has 0 saturated heterocycles. The summed E-state index contributed by atoms with van der Waals surface area (Å²) < 4.78 is 0. The van der Waals surface area contributed by atoms with Gasteiger partial charge < -0.3 is 5.73 Å². The molecule has 0 aliphatic heterocycles. The van der Waals surface area contributed by atoms with Crippen molar-refractivity contribution in [3.8, 4) is 0 Å². The van der Waals surface area contributed by atoms with Crippen LogP contribution in [-0.2, 0) is 4.79 Å². The molecule has 0 fully saturated rings. The molecule has 0 radical (unpaired) electrons. The van der Waals surface area contributed by atoms with E-state index in [-0.39, 0.29) is 24.8 Å². The van der Waals surface area contributed by atoms with Crippen molar-refractivity contribution >= 4 is 24.8 Å². The van der Waals surface area contributed by atoms with Crippen molar-refractivity contribution in [2.45, 2.75) is 45.4 Å². The number of primary amides is 1. The van der Waals surface area contributed by atoms with Crippen molar-refractivity contribution in [1.29, 1.82) is 0 Å². The molecule has 0 rings (SSSR count). The van der Waals surface area contributed by atoms with Crippen LogP contribution in [0.2, 0.25) is 0 Å². The van der Waals surface area contributed by atoms with Gasteiger partial charge in [0.2, 0.25) is 5.91 Å². The second-order valence-corrected chi connectivity index (χ2v) is 2.63. The van der Waals surface area contributed by atoms with E-state index in [2.05, 4.69) is 6.92 Å². The van der Waals surface area contributed by atoms with E-state index >= 15 is 0 Å². The van der Waals surface area contributed by atoms with Crippen LogP contribution in [-0.4, -0.2) is 24.8 Å². The number of hydrogen-bond donors (Lipinski definition) is 1. The first-order valence-corrected chi connectivity index (χ1v) is 4.05. The SMILES string of the molecule is CCCCCCCC(N)=O.[LiH]. The quantitative estimate of drug-likeness (QED) is 0.449. The molecule has 0 atom stereocenters. The van der Waals surface area contributed by atoms with Gasteiger partial charge >= 0.3 is 18.9 Å². The Morgan fingerprint density at radius 3 is 2.18 bits per heavy atom. The minimum atomic E-state index is -0.170. The third-order valence-corrected chi connectivity index (χ3v) is 1.53. The molecule has 2 N–H and O–H groups in total. The van der Waals surface area contributed by atoms with Crippen LogP contribution in [0.3, 0.4) is 0 Å². The van der Waals surface area contributed by atoms with Crippen LogP contribution in [0.25, 0.3) is 0 Å². The summed E-state index contributed by atoms with van der Waals surface area (Å²) in [6, 6.07) is 0. The van der Waals surface area contributed by atoms with Gasteiger partial charge in [0.1, 0.15) is 0 Å². The molecular weight excluding hydrogens is 133 g/mol. The topological polar surface area (TPSA) is 43.1 Å². The Kier molecular flexibility index (Phi) is 12.5. The second-order valence-electron chi connectivity index (χ2n) is 2.63. The van der Waals surface area contributed by atoms with Crippen molar-refractivity contribution < 1.29 is 4.79 Å². The first kappa shape index (κ1) is 13.6. The molecule has 0 saturated carbocycles. The zero-order valence-electron chi connectivity index (χ0n) is 6.73. The van der Waals surface area contributed by atoms with E-state index in [1.54, 1.807) is 0 Å². The number of carbonyl (C=O) groups is 1. The van der Waals surface area contributed by atoms with Crippen molar-refractivity contribution in [3.05, 3.63) is 0 Å². The number of unbranched alkanes of at least 4 members (excludes halogenated alkanes) is 4. The Hall–Kier alpha value is 0.0674. The van der Waals surface area contributed by atoms with E-state index in [0.717, 1.165) is 12.8 Å². The van der Waals surface area contributed by atoms with Gasteiger partial charge in [-0.05, 0) is 6.42 Å². The third kappa shape index (κ3) is 13.1. The first-order chi connectivity index (χ1) is 4.77. The number of nitrogens with two attached hydrogens (primary N) is 1. The van der Waals surface area contributed by atoms with Crippen LogP contribution in [0, 0.1) is 0 Å². The molecular formula is C8H18LiNO. The van der Waals surface area contributed by atoms with Crippen LogP contribution in [0.4, 0.5) is 0 Å². The predicted octanol–water partition coefficient (Wildman–Crippen LogP) is 1.18. The standard InChI is InChI=1S/C8H17NO.Li.H/c1-2-3-4-5-6-7-8(9)10;;/h2-7H2,1H3,(H2,9,10);;. The Morgan fingerprint density at radius 1 is 1.18 bits per heavy atom. The maximum absolute atomic E-state index is 10.3. The summed E-state index contributed by atoms with van der Waals surface area (Å²) in [4.78, 5) is 10.3. The summed E-state index contributed by atoms with van der Waals surface area (Å²) in [5.41, 5.74) is 4.97. The maximum atomic E-state index is 10.3. The van der Waals surface area contributed by atoms with Gasteiger partial charge in [0.05, 0.1) is 0 Å². The van der Waals surface area contributed by atoms with E-state index < -0.39 is 0 Å². The van der Waals surface area contributed by atoms with Gasteiger partial charge in [0.25, 0.3) is 0 Å². The molecule has 3 heteroatoms. The fraction of sp³-hybridized carbons (Fsp3) is 0.875. The van der Waals surface area contributed by atoms with E-state index in [0.29, 0.717) is 6.42 Å². The van der Waals surface area contributed by atoms with Gasteiger partial charge in [-0.3, -0.25) is 4.79 Å². The zero-order chi connectivity index (χ0) is 7.82. The molecule has 0 aliphatic rings. The molecule has 1 amide bonds. The Morgan fingerprint density at radius 2 is 1.73 bits per heavy atom. The van der Waals surface area contributed by atoms with Crippen LogP contribution in [0.5, 0.6) is 0 Å². The van der Waals surface area contributed by atoms with Gasteiger partial charge in [-0.1, -0.05) is 32.6 Å². The minimum absolute atomic E-state index is 0. The molecule has 0 aromatic heterocycles. The normalized spacial score (nSPS) is 8.82. The Balaban J connectivity index is 0. The van der Waals surface area contributed by atoms with Gasteiger partial charge in [0.15, 0.2) is 0 Å². The number of rotatable bonds is 6. The summed E-state index contributed by atoms with van der Waals surface area (Å²) in [7, 11) is 0. The fourth-order valence-corrected chi connectivity index (χ4v) is 0.903. The average molecular weight is 151 g/mol. The Bertz CT molecular complexity index is 96.1. The zero-order valence-corrected chi connectivity index (χ0v) is 6.73. The van der Waals surface area contributed by atoms with Crippen LogP contribution in [0.15, 0.2) is 0 Å². The number of hydrogen-bond acceptors (Lipinski definition) is 1. The summed E-state index contributed by atoms with van der Waals surface area (Å²) >= 11 is 0. The summed E-state index contributed by atoms with van der Waals surface area (Å²) in [6.45, 7) is 2.17. The molecule has 0 aromatic carbocycles. The molecule has 0 aliphatic carbocycles.